The van der Waals surface area contributed by atoms with Crippen LogP contribution >= 0.6 is 0 Å². The van der Waals surface area contributed by atoms with Gasteiger partial charge in [0.2, 0.25) is 0 Å². The van der Waals surface area contributed by atoms with Gasteiger partial charge in [-0.2, -0.15) is 15.4 Å². The van der Waals surface area contributed by atoms with Gasteiger partial charge in [0.15, 0.2) is 0 Å². The van der Waals surface area contributed by atoms with Crippen molar-refractivity contribution in [1.29, 1.82) is 0 Å². The Labute approximate surface area is 92.8 Å². The van der Waals surface area contributed by atoms with Crippen LogP contribution in [0.25, 0.3) is 0 Å². The van der Waals surface area contributed by atoms with Crippen molar-refractivity contribution in [2.24, 2.45) is 0 Å². The van der Waals surface area contributed by atoms with E-state index in [-0.39, 0.29) is 0 Å². The summed E-state index contributed by atoms with van der Waals surface area (Å²) in [4.78, 5) is 10.2. The Morgan fingerprint density at radius 3 is 1.62 bits per heavy atom. The molecular formula is C10H12N6. The maximum absolute atomic E-state index is 3.78. The fraction of sp³-hybridized carbons (Fsp3) is 0. The molecule has 0 fully saturated rings. The summed E-state index contributed by atoms with van der Waals surface area (Å²) in [7, 11) is 0. The third kappa shape index (κ3) is 6.96. The summed E-state index contributed by atoms with van der Waals surface area (Å²) in [5.74, 6) is 0. The molecule has 0 saturated carbocycles. The van der Waals surface area contributed by atoms with Gasteiger partial charge in [0, 0.05) is 24.8 Å². The Balaban J connectivity index is 0.000000121. The third-order valence-electron chi connectivity index (χ3n) is 1.30. The molecule has 0 spiro atoms. The number of imidazole rings is 1. The maximum Gasteiger partial charge on any atom is 0.0919 e. The Hall–Kier alpha value is -2.50. The van der Waals surface area contributed by atoms with Crippen molar-refractivity contribution in [3.8, 4) is 0 Å². The monoisotopic (exact) mass is 216 g/mol. The van der Waals surface area contributed by atoms with Gasteiger partial charge in [0.1, 0.15) is 0 Å². The minimum atomic E-state index is 1.58. The van der Waals surface area contributed by atoms with E-state index in [9.17, 15) is 0 Å². The summed E-state index contributed by atoms with van der Waals surface area (Å²) in [5.41, 5.74) is 0. The second-order valence-electron chi connectivity index (χ2n) is 2.44. The molecule has 0 aromatic carbocycles. The van der Waals surface area contributed by atoms with E-state index in [1.54, 1.807) is 43.5 Å². The predicted octanol–water partition coefficient (Wildman–Crippen LogP) is 1.30. The van der Waals surface area contributed by atoms with E-state index in [1.807, 2.05) is 18.2 Å². The van der Waals surface area contributed by atoms with Crippen LogP contribution in [0.4, 0.5) is 0 Å². The summed E-state index contributed by atoms with van der Waals surface area (Å²) < 4.78 is 0. The third-order valence-corrected chi connectivity index (χ3v) is 1.30. The lowest BCUT2D eigenvalue weighted by Gasteiger charge is -1.70. The van der Waals surface area contributed by atoms with Gasteiger partial charge in [-0.3, -0.25) is 4.98 Å². The highest BCUT2D eigenvalue weighted by Crippen LogP contribution is 1.73. The summed E-state index contributed by atoms with van der Waals surface area (Å²) in [5, 5.41) is 9.33. The Kier molecular flexibility index (Phi) is 6.56. The average molecular weight is 216 g/mol. The summed E-state index contributed by atoms with van der Waals surface area (Å²) in [6, 6.07) is 5.72. The number of aromatic amines is 2. The lowest BCUT2D eigenvalue weighted by molar-refractivity contribution is 0.940. The molecule has 6 nitrogen and oxygen atoms in total. The first-order chi connectivity index (χ1) is 8.00. The van der Waals surface area contributed by atoms with Crippen LogP contribution in [-0.2, 0) is 0 Å². The molecule has 3 heterocycles. The highest BCUT2D eigenvalue weighted by atomic mass is 15.3. The molecule has 82 valence electrons. The number of aromatic nitrogens is 6. The van der Waals surface area contributed by atoms with E-state index in [1.165, 1.54) is 0 Å². The van der Waals surface area contributed by atoms with Crippen molar-refractivity contribution >= 4 is 0 Å². The van der Waals surface area contributed by atoms with E-state index in [0.717, 1.165) is 0 Å². The fourth-order valence-electron chi connectivity index (χ4n) is 0.694. The van der Waals surface area contributed by atoms with Crippen molar-refractivity contribution in [1.82, 2.24) is 30.4 Å². The predicted molar refractivity (Wildman–Crippen MR) is 59.2 cm³/mol. The first-order valence-electron chi connectivity index (χ1n) is 4.57. The van der Waals surface area contributed by atoms with Crippen LogP contribution in [0.1, 0.15) is 0 Å². The van der Waals surface area contributed by atoms with Gasteiger partial charge in [-0.25, -0.2) is 4.98 Å². The molecule has 0 unspecified atom stereocenters. The zero-order chi connectivity index (χ0) is 11.3. The zero-order valence-electron chi connectivity index (χ0n) is 8.56. The van der Waals surface area contributed by atoms with Crippen LogP contribution in [0.15, 0.2) is 61.7 Å². The number of hydrogen-bond acceptors (Lipinski definition) is 4. The van der Waals surface area contributed by atoms with Crippen molar-refractivity contribution in [3.63, 3.8) is 0 Å². The summed E-state index contributed by atoms with van der Waals surface area (Å²) in [6.07, 6.45) is 11.8. The molecule has 3 rings (SSSR count). The van der Waals surface area contributed by atoms with Gasteiger partial charge >= 0.3 is 0 Å². The van der Waals surface area contributed by atoms with Gasteiger partial charge in [-0.15, -0.1) is 0 Å². The summed E-state index contributed by atoms with van der Waals surface area (Å²) in [6.45, 7) is 0. The van der Waals surface area contributed by atoms with Crippen molar-refractivity contribution in [3.05, 3.63) is 61.7 Å². The van der Waals surface area contributed by atoms with Crippen LogP contribution < -0.4 is 0 Å². The second kappa shape index (κ2) is 9.07. The van der Waals surface area contributed by atoms with E-state index in [4.69, 9.17) is 0 Å². The Morgan fingerprint density at radius 2 is 1.44 bits per heavy atom. The number of pyridine rings is 1. The first-order valence-corrected chi connectivity index (χ1v) is 4.57. The van der Waals surface area contributed by atoms with Crippen LogP contribution in [0, 0.1) is 0 Å². The van der Waals surface area contributed by atoms with Gasteiger partial charge in [-0.1, -0.05) is 6.07 Å². The number of nitrogens with zero attached hydrogens (tertiary/aromatic N) is 4. The lowest BCUT2D eigenvalue weighted by atomic mass is 10.5. The number of rotatable bonds is 0. The fourth-order valence-corrected chi connectivity index (χ4v) is 0.694. The smallest absolute Gasteiger partial charge is 0.0919 e. The molecule has 0 aliphatic heterocycles. The minimum Gasteiger partial charge on any atom is -0.351 e. The van der Waals surface area contributed by atoms with Crippen molar-refractivity contribution in [2.45, 2.75) is 0 Å². The van der Waals surface area contributed by atoms with Gasteiger partial charge in [0.05, 0.1) is 18.7 Å². The van der Waals surface area contributed by atoms with Crippen LogP contribution in [0.5, 0.6) is 0 Å². The number of hydrogen-bond donors (Lipinski definition) is 2. The largest absolute Gasteiger partial charge is 0.351 e. The molecule has 0 atom stereocenters. The average Bonchev–Trinajstić information content (AvgIpc) is 3.10. The van der Waals surface area contributed by atoms with Crippen LogP contribution in [-0.4, -0.2) is 30.4 Å². The molecule has 2 N–H and O–H groups in total. The molecule has 0 radical (unpaired) electrons. The molecule has 3 aromatic heterocycles. The SMILES string of the molecule is c1c[nH]cn1.c1ccncc1.c1cn[nH]n1. The molecule has 16 heavy (non-hydrogen) atoms. The molecule has 0 bridgehead atoms. The molecule has 0 aliphatic rings. The molecule has 0 amide bonds. The topological polar surface area (TPSA) is 83.1 Å². The zero-order valence-corrected chi connectivity index (χ0v) is 8.56. The molecule has 3 aromatic rings. The Morgan fingerprint density at radius 1 is 0.688 bits per heavy atom. The van der Waals surface area contributed by atoms with E-state index >= 15 is 0 Å². The van der Waals surface area contributed by atoms with E-state index in [0.29, 0.717) is 0 Å². The number of nitrogens with one attached hydrogen (secondary N) is 2. The molecule has 0 saturated heterocycles. The molecule has 6 heteroatoms. The van der Waals surface area contributed by atoms with Crippen molar-refractivity contribution in [2.75, 3.05) is 0 Å². The lowest BCUT2D eigenvalue weighted by Crippen LogP contribution is -1.61. The highest BCUT2D eigenvalue weighted by molar-refractivity contribution is 4.88. The second-order valence-corrected chi connectivity index (χ2v) is 2.44. The molecular weight excluding hydrogens is 204 g/mol. The van der Waals surface area contributed by atoms with E-state index in [2.05, 4.69) is 30.4 Å². The first kappa shape index (κ1) is 11.6. The maximum atomic E-state index is 3.78. The van der Waals surface area contributed by atoms with Gasteiger partial charge in [0.25, 0.3) is 0 Å². The van der Waals surface area contributed by atoms with Gasteiger partial charge in [-0.05, 0) is 12.1 Å². The van der Waals surface area contributed by atoms with Crippen LogP contribution in [0.2, 0.25) is 0 Å². The van der Waals surface area contributed by atoms with Gasteiger partial charge < -0.3 is 4.98 Å². The minimum absolute atomic E-state index is 1.58. The standard InChI is InChI=1S/C5H5N.C3H4N2.C2H3N3/c1-2-4-6-5-3-1;1-2-5-3-4-1;1-2-4-5-3-1/h1-5H;1-3H,(H,4,5);1-2H,(H,3,4,5). The quantitative estimate of drug-likeness (QED) is 0.593. The van der Waals surface area contributed by atoms with E-state index < -0.39 is 0 Å². The molecule has 0 aliphatic carbocycles. The Bertz CT molecular complexity index is 307. The normalized spacial score (nSPS) is 8.00. The van der Waals surface area contributed by atoms with Crippen molar-refractivity contribution < 1.29 is 0 Å². The summed E-state index contributed by atoms with van der Waals surface area (Å²) >= 11 is 0. The number of H-pyrrole nitrogens is 2. The highest BCUT2D eigenvalue weighted by Gasteiger charge is 1.58. The van der Waals surface area contributed by atoms with Crippen LogP contribution in [0.3, 0.4) is 0 Å².